The number of carbonyl (C=O) groups excluding carboxylic acids is 1. The van der Waals surface area contributed by atoms with Crippen LogP contribution < -0.4 is 9.47 Å². The number of halogens is 1. The van der Waals surface area contributed by atoms with E-state index >= 15 is 0 Å². The molecule has 1 amide bonds. The highest BCUT2D eigenvalue weighted by Crippen LogP contribution is 2.32. The van der Waals surface area contributed by atoms with Crippen molar-refractivity contribution in [2.45, 2.75) is 6.54 Å². The van der Waals surface area contributed by atoms with E-state index in [-0.39, 0.29) is 12.7 Å². The molecule has 30 heavy (non-hydrogen) atoms. The molecular formula is C20H19ClN6O3. The standard InChI is InChI=1S/C20H19ClN6O3/c21-15-2-4-16(5-3-15)27-19(22-23-24-27)12-25-7-9-26(10-8-25)20(28)14-1-6-17-18(11-14)30-13-29-17/h1-6,11H,7-10,12-13H2. The van der Waals surface area contributed by atoms with Crippen LogP contribution >= 0.6 is 11.6 Å². The number of benzene rings is 2. The molecule has 0 bridgehead atoms. The minimum Gasteiger partial charge on any atom is -0.454 e. The van der Waals surface area contributed by atoms with E-state index in [2.05, 4.69) is 20.4 Å². The van der Waals surface area contributed by atoms with Gasteiger partial charge in [-0.1, -0.05) is 11.6 Å². The second-order valence-corrected chi connectivity index (χ2v) is 7.56. The molecule has 2 aliphatic rings. The molecule has 2 aliphatic heterocycles. The first-order chi connectivity index (χ1) is 14.7. The van der Waals surface area contributed by atoms with Gasteiger partial charge in [-0.05, 0) is 52.9 Å². The zero-order valence-corrected chi connectivity index (χ0v) is 16.8. The summed E-state index contributed by atoms with van der Waals surface area (Å²) < 4.78 is 12.4. The first kappa shape index (κ1) is 18.8. The van der Waals surface area contributed by atoms with E-state index in [0.29, 0.717) is 41.7 Å². The number of fused-ring (bicyclic) bond motifs is 1. The molecule has 5 rings (SSSR count). The summed E-state index contributed by atoms with van der Waals surface area (Å²) in [6.07, 6.45) is 0. The fourth-order valence-corrected chi connectivity index (χ4v) is 3.73. The predicted molar refractivity (Wildman–Crippen MR) is 108 cm³/mol. The lowest BCUT2D eigenvalue weighted by molar-refractivity contribution is 0.0624. The van der Waals surface area contributed by atoms with Crippen LogP contribution in [0.1, 0.15) is 16.2 Å². The lowest BCUT2D eigenvalue weighted by atomic mass is 10.1. The van der Waals surface area contributed by atoms with Crippen molar-refractivity contribution in [3.8, 4) is 17.2 Å². The third-order valence-corrected chi connectivity index (χ3v) is 5.50. The van der Waals surface area contributed by atoms with Gasteiger partial charge in [0.2, 0.25) is 6.79 Å². The molecule has 154 valence electrons. The Hall–Kier alpha value is -3.17. The third kappa shape index (κ3) is 3.69. The van der Waals surface area contributed by atoms with Crippen LogP contribution in [0.15, 0.2) is 42.5 Å². The number of piperazine rings is 1. The van der Waals surface area contributed by atoms with Crippen molar-refractivity contribution in [3.05, 3.63) is 58.9 Å². The molecular weight excluding hydrogens is 408 g/mol. The molecule has 3 aromatic rings. The molecule has 0 spiro atoms. The Balaban J connectivity index is 1.21. The number of ether oxygens (including phenoxy) is 2. The van der Waals surface area contributed by atoms with E-state index in [4.69, 9.17) is 21.1 Å². The lowest BCUT2D eigenvalue weighted by Crippen LogP contribution is -2.48. The Morgan fingerprint density at radius 1 is 1.00 bits per heavy atom. The first-order valence-corrected chi connectivity index (χ1v) is 10.00. The monoisotopic (exact) mass is 426 g/mol. The molecule has 9 nitrogen and oxygen atoms in total. The van der Waals surface area contributed by atoms with Gasteiger partial charge in [-0.15, -0.1) is 5.10 Å². The average molecular weight is 427 g/mol. The zero-order valence-electron chi connectivity index (χ0n) is 16.1. The van der Waals surface area contributed by atoms with Gasteiger partial charge in [0.15, 0.2) is 17.3 Å². The van der Waals surface area contributed by atoms with E-state index < -0.39 is 0 Å². The van der Waals surface area contributed by atoms with Gasteiger partial charge in [0.05, 0.1) is 12.2 Å². The summed E-state index contributed by atoms with van der Waals surface area (Å²) in [5.41, 5.74) is 1.47. The molecule has 0 saturated carbocycles. The molecule has 0 atom stereocenters. The number of nitrogens with zero attached hydrogens (tertiary/aromatic N) is 6. The highest BCUT2D eigenvalue weighted by Gasteiger charge is 2.25. The maximum Gasteiger partial charge on any atom is 0.254 e. The van der Waals surface area contributed by atoms with Gasteiger partial charge < -0.3 is 14.4 Å². The van der Waals surface area contributed by atoms with Crippen molar-refractivity contribution >= 4 is 17.5 Å². The van der Waals surface area contributed by atoms with E-state index in [0.717, 1.165) is 24.6 Å². The van der Waals surface area contributed by atoms with Crippen molar-refractivity contribution in [2.24, 2.45) is 0 Å². The Kier molecular flexibility index (Phi) is 4.97. The molecule has 1 fully saturated rings. The van der Waals surface area contributed by atoms with Crippen LogP contribution in [-0.2, 0) is 6.54 Å². The second kappa shape index (κ2) is 7.92. The second-order valence-electron chi connectivity index (χ2n) is 7.12. The van der Waals surface area contributed by atoms with Crippen molar-refractivity contribution in [1.29, 1.82) is 0 Å². The topological polar surface area (TPSA) is 85.6 Å². The summed E-state index contributed by atoms with van der Waals surface area (Å²) in [6, 6.07) is 12.7. The summed E-state index contributed by atoms with van der Waals surface area (Å²) in [4.78, 5) is 16.9. The van der Waals surface area contributed by atoms with Gasteiger partial charge in [-0.2, -0.15) is 4.68 Å². The molecule has 10 heteroatoms. The maximum absolute atomic E-state index is 12.9. The quantitative estimate of drug-likeness (QED) is 0.630. The van der Waals surface area contributed by atoms with Crippen LogP contribution in [0.5, 0.6) is 11.5 Å². The van der Waals surface area contributed by atoms with Crippen LogP contribution in [0.4, 0.5) is 0 Å². The molecule has 3 heterocycles. The van der Waals surface area contributed by atoms with Crippen molar-refractivity contribution in [2.75, 3.05) is 33.0 Å². The fraction of sp³-hybridized carbons (Fsp3) is 0.300. The number of tetrazole rings is 1. The minimum absolute atomic E-state index is 0.000974. The largest absolute Gasteiger partial charge is 0.454 e. The van der Waals surface area contributed by atoms with Gasteiger partial charge >= 0.3 is 0 Å². The Labute approximate surface area is 177 Å². The summed E-state index contributed by atoms with van der Waals surface area (Å²) >= 11 is 5.97. The van der Waals surface area contributed by atoms with Gasteiger partial charge in [-0.25, -0.2) is 0 Å². The fourth-order valence-electron chi connectivity index (χ4n) is 3.61. The van der Waals surface area contributed by atoms with Crippen LogP contribution in [0, 0.1) is 0 Å². The number of aromatic nitrogens is 4. The Bertz CT molecular complexity index is 1060. The summed E-state index contributed by atoms with van der Waals surface area (Å²) in [5, 5.41) is 12.7. The van der Waals surface area contributed by atoms with Gasteiger partial charge in [-0.3, -0.25) is 9.69 Å². The van der Waals surface area contributed by atoms with Crippen LogP contribution in [-0.4, -0.2) is 68.9 Å². The zero-order chi connectivity index (χ0) is 20.5. The highest BCUT2D eigenvalue weighted by molar-refractivity contribution is 6.30. The Morgan fingerprint density at radius 3 is 2.57 bits per heavy atom. The summed E-state index contributed by atoms with van der Waals surface area (Å²) in [5.74, 6) is 2.04. The number of hydrogen-bond donors (Lipinski definition) is 0. The van der Waals surface area contributed by atoms with Gasteiger partial charge in [0, 0.05) is 36.8 Å². The van der Waals surface area contributed by atoms with Crippen LogP contribution in [0.3, 0.4) is 0 Å². The Morgan fingerprint density at radius 2 is 1.77 bits per heavy atom. The van der Waals surface area contributed by atoms with E-state index in [9.17, 15) is 4.79 Å². The van der Waals surface area contributed by atoms with E-state index in [1.165, 1.54) is 0 Å². The van der Waals surface area contributed by atoms with Crippen molar-refractivity contribution in [1.82, 2.24) is 30.0 Å². The normalized spacial score (nSPS) is 16.1. The van der Waals surface area contributed by atoms with Crippen LogP contribution in [0.2, 0.25) is 5.02 Å². The van der Waals surface area contributed by atoms with Gasteiger partial charge in [0.1, 0.15) is 0 Å². The first-order valence-electron chi connectivity index (χ1n) is 9.62. The molecule has 1 saturated heterocycles. The predicted octanol–water partition coefficient (Wildman–Crippen LogP) is 2.00. The number of rotatable bonds is 4. The molecule has 0 radical (unpaired) electrons. The number of carbonyl (C=O) groups is 1. The average Bonchev–Trinajstić information content (AvgIpc) is 3.43. The van der Waals surface area contributed by atoms with E-state index in [1.54, 1.807) is 22.9 Å². The SMILES string of the molecule is O=C(c1ccc2c(c1)OCO2)N1CCN(Cc2nnnn2-c2ccc(Cl)cc2)CC1. The van der Waals surface area contributed by atoms with Gasteiger partial charge in [0.25, 0.3) is 5.91 Å². The molecule has 2 aromatic carbocycles. The summed E-state index contributed by atoms with van der Waals surface area (Å²) in [6.45, 7) is 3.54. The third-order valence-electron chi connectivity index (χ3n) is 5.25. The van der Waals surface area contributed by atoms with Crippen molar-refractivity contribution < 1.29 is 14.3 Å². The lowest BCUT2D eigenvalue weighted by Gasteiger charge is -2.34. The highest BCUT2D eigenvalue weighted by atomic mass is 35.5. The van der Waals surface area contributed by atoms with Crippen molar-refractivity contribution in [3.63, 3.8) is 0 Å². The number of hydrogen-bond acceptors (Lipinski definition) is 7. The summed E-state index contributed by atoms with van der Waals surface area (Å²) in [7, 11) is 0. The number of amides is 1. The minimum atomic E-state index is -0.000974. The maximum atomic E-state index is 12.9. The molecule has 0 aliphatic carbocycles. The smallest absolute Gasteiger partial charge is 0.254 e. The van der Waals surface area contributed by atoms with Crippen LogP contribution in [0.25, 0.3) is 5.69 Å². The molecule has 1 aromatic heterocycles. The molecule has 0 N–H and O–H groups in total. The van der Waals surface area contributed by atoms with E-state index in [1.807, 2.05) is 29.2 Å². The molecule has 0 unspecified atom stereocenters.